The van der Waals surface area contributed by atoms with Gasteiger partial charge >= 0.3 is 11.8 Å². The van der Waals surface area contributed by atoms with Crippen molar-refractivity contribution in [3.8, 4) is 0 Å². The maximum absolute atomic E-state index is 12.4. The van der Waals surface area contributed by atoms with Crippen molar-refractivity contribution >= 4 is 11.8 Å². The Morgan fingerprint density at radius 2 is 1.93 bits per heavy atom. The van der Waals surface area contributed by atoms with E-state index in [1.165, 1.54) is 4.90 Å². The summed E-state index contributed by atoms with van der Waals surface area (Å²) >= 11 is 0. The van der Waals surface area contributed by atoms with Crippen LogP contribution in [0.4, 0.5) is 0 Å². The van der Waals surface area contributed by atoms with Gasteiger partial charge in [-0.1, -0.05) is 0 Å². The third kappa shape index (κ3) is 3.88. The molecule has 0 aromatic rings. The fraction of sp³-hybridized carbons (Fsp3) is 0.765. The van der Waals surface area contributed by atoms with Gasteiger partial charge in [0.25, 0.3) is 5.79 Å². The van der Waals surface area contributed by atoms with Gasteiger partial charge in [0.05, 0.1) is 13.2 Å². The van der Waals surface area contributed by atoms with Crippen molar-refractivity contribution in [2.24, 2.45) is 5.73 Å². The second-order valence-electron chi connectivity index (χ2n) is 8.03. The quantitative estimate of drug-likeness (QED) is 0.447. The molecule has 3 rings (SSSR count). The molecule has 2 unspecified atom stereocenters. The first kappa shape index (κ1) is 19.9. The zero-order valence-electron chi connectivity index (χ0n) is 15.8. The number of amides is 2. The number of ether oxygens (including phenoxy) is 3. The van der Waals surface area contributed by atoms with Crippen LogP contribution in [0, 0.1) is 0 Å². The second-order valence-corrected chi connectivity index (χ2v) is 8.03. The van der Waals surface area contributed by atoms with E-state index in [2.05, 4.69) is 5.32 Å². The van der Waals surface area contributed by atoms with Crippen molar-refractivity contribution in [3.63, 3.8) is 0 Å². The number of nitrogens with zero attached hydrogens (tertiary/aromatic N) is 1. The lowest BCUT2D eigenvalue weighted by Crippen LogP contribution is -2.56. The van der Waals surface area contributed by atoms with Gasteiger partial charge in [-0.2, -0.15) is 0 Å². The molecular formula is C17H27N3O7. The highest BCUT2D eigenvalue weighted by Crippen LogP contribution is 2.44. The Hall–Kier alpha value is -1.88. The van der Waals surface area contributed by atoms with Gasteiger partial charge in [0.15, 0.2) is 5.76 Å². The van der Waals surface area contributed by atoms with Gasteiger partial charge in [-0.25, -0.2) is 0 Å². The predicted molar refractivity (Wildman–Crippen MR) is 92.0 cm³/mol. The number of piperidine rings is 1. The monoisotopic (exact) mass is 385 g/mol. The van der Waals surface area contributed by atoms with E-state index in [1.807, 2.05) is 6.92 Å². The fourth-order valence-corrected chi connectivity index (χ4v) is 3.38. The molecule has 0 aromatic carbocycles. The number of likely N-dealkylation sites (tertiary alicyclic amines) is 1. The minimum Gasteiger partial charge on any atom is -0.506 e. The molecule has 0 aromatic heterocycles. The largest absolute Gasteiger partial charge is 0.506 e. The summed E-state index contributed by atoms with van der Waals surface area (Å²) in [6.07, 6.45) is -0.0204. The minimum atomic E-state index is -1.60. The van der Waals surface area contributed by atoms with Crippen LogP contribution in [0.5, 0.6) is 0 Å². The number of carbonyl (C=O) groups excluding carboxylic acids is 2. The number of nitrogens with one attached hydrogen (secondary N) is 1. The van der Waals surface area contributed by atoms with Crippen molar-refractivity contribution in [2.75, 3.05) is 26.2 Å². The Bertz CT molecular complexity index is 665. The van der Waals surface area contributed by atoms with E-state index in [-0.39, 0.29) is 24.4 Å². The van der Waals surface area contributed by atoms with Crippen LogP contribution in [0.15, 0.2) is 11.5 Å². The number of aliphatic hydroxyl groups excluding tert-OH is 2. The van der Waals surface area contributed by atoms with Crippen molar-refractivity contribution < 1.29 is 34.0 Å². The number of fused-ring (bicyclic) bond motifs is 1. The average Bonchev–Trinajstić information content (AvgIpc) is 2.87. The molecule has 0 spiro atoms. The average molecular weight is 385 g/mol. The van der Waals surface area contributed by atoms with E-state index < -0.39 is 35.3 Å². The maximum atomic E-state index is 12.4. The number of aliphatic hydroxyl groups is 2. The van der Waals surface area contributed by atoms with Crippen molar-refractivity contribution in [2.45, 2.75) is 56.8 Å². The van der Waals surface area contributed by atoms with E-state index in [0.717, 1.165) is 0 Å². The SMILES string of the molecule is CC1(N)CCN(C(=O)C(=O)NCC23OCC(O)C(O)=C2OC(C)(C)O3)CC1. The highest BCUT2D eigenvalue weighted by atomic mass is 16.8. The summed E-state index contributed by atoms with van der Waals surface area (Å²) in [5.74, 6) is -4.72. The Balaban J connectivity index is 1.66. The van der Waals surface area contributed by atoms with Gasteiger partial charge in [-0.05, 0) is 19.8 Å². The number of hydrogen-bond donors (Lipinski definition) is 4. The molecular weight excluding hydrogens is 358 g/mol. The smallest absolute Gasteiger partial charge is 0.311 e. The summed E-state index contributed by atoms with van der Waals surface area (Å²) in [7, 11) is 0. The van der Waals surface area contributed by atoms with Crippen LogP contribution in [-0.2, 0) is 23.8 Å². The standard InChI is InChI=1S/C17H27N3O7/c1-15(2)26-12-11(22)10(21)8-25-17(12,27-15)9-19-13(23)14(24)20-6-4-16(3,18)5-7-20/h10,21-22H,4-9,18H2,1-3H3,(H,19,23). The molecule has 2 saturated heterocycles. The molecule has 2 fully saturated rings. The van der Waals surface area contributed by atoms with Crippen LogP contribution in [0.3, 0.4) is 0 Å². The maximum Gasteiger partial charge on any atom is 0.311 e. The Morgan fingerprint density at radius 3 is 2.56 bits per heavy atom. The molecule has 3 heterocycles. The highest BCUT2D eigenvalue weighted by Gasteiger charge is 2.57. The number of hydrogen-bond acceptors (Lipinski definition) is 8. The molecule has 27 heavy (non-hydrogen) atoms. The number of rotatable bonds is 2. The van der Waals surface area contributed by atoms with Gasteiger partial charge in [-0.3, -0.25) is 14.3 Å². The van der Waals surface area contributed by atoms with Crippen molar-refractivity contribution in [1.82, 2.24) is 10.2 Å². The van der Waals surface area contributed by atoms with Gasteiger partial charge in [0.1, 0.15) is 6.10 Å². The molecule has 0 radical (unpaired) electrons. The summed E-state index contributed by atoms with van der Waals surface area (Å²) in [6.45, 7) is 5.45. The second kappa shape index (κ2) is 6.62. The van der Waals surface area contributed by atoms with Gasteiger partial charge in [0.2, 0.25) is 11.5 Å². The van der Waals surface area contributed by atoms with Crippen LogP contribution in [-0.4, -0.2) is 76.4 Å². The highest BCUT2D eigenvalue weighted by molar-refractivity contribution is 6.35. The number of carbonyl (C=O) groups is 2. The molecule has 3 aliphatic heterocycles. The van der Waals surface area contributed by atoms with E-state index in [0.29, 0.717) is 25.9 Å². The summed E-state index contributed by atoms with van der Waals surface area (Å²) in [6, 6.07) is 0. The van der Waals surface area contributed by atoms with Gasteiger partial charge < -0.3 is 35.6 Å². The normalized spacial score (nSPS) is 31.9. The third-order valence-electron chi connectivity index (χ3n) is 5.00. The summed E-state index contributed by atoms with van der Waals surface area (Å²) < 4.78 is 16.8. The fourth-order valence-electron chi connectivity index (χ4n) is 3.38. The molecule has 10 heteroatoms. The van der Waals surface area contributed by atoms with E-state index in [4.69, 9.17) is 19.9 Å². The molecule has 5 N–H and O–H groups in total. The van der Waals surface area contributed by atoms with Crippen molar-refractivity contribution in [1.29, 1.82) is 0 Å². The molecule has 152 valence electrons. The van der Waals surface area contributed by atoms with Gasteiger partial charge in [-0.15, -0.1) is 0 Å². The summed E-state index contributed by atoms with van der Waals surface area (Å²) in [4.78, 5) is 26.2. The van der Waals surface area contributed by atoms with E-state index in [1.54, 1.807) is 13.8 Å². The van der Waals surface area contributed by atoms with Crippen LogP contribution >= 0.6 is 0 Å². The zero-order chi connectivity index (χ0) is 20.0. The zero-order valence-corrected chi connectivity index (χ0v) is 15.8. The predicted octanol–water partition coefficient (Wildman–Crippen LogP) is -0.918. The van der Waals surface area contributed by atoms with Crippen LogP contribution in [0.1, 0.15) is 33.6 Å². The molecule has 3 aliphatic rings. The summed E-state index contributed by atoms with van der Waals surface area (Å²) in [5.41, 5.74) is 5.71. The molecule has 0 saturated carbocycles. The topological polar surface area (TPSA) is 144 Å². The van der Waals surface area contributed by atoms with Crippen LogP contribution < -0.4 is 11.1 Å². The molecule has 2 atom stereocenters. The first-order chi connectivity index (χ1) is 12.4. The van der Waals surface area contributed by atoms with Crippen molar-refractivity contribution in [3.05, 3.63) is 11.5 Å². The molecule has 0 aliphatic carbocycles. The molecule has 0 bridgehead atoms. The minimum absolute atomic E-state index is 0.101. The van der Waals surface area contributed by atoms with Crippen LogP contribution in [0.25, 0.3) is 0 Å². The molecule has 2 amide bonds. The van der Waals surface area contributed by atoms with Gasteiger partial charge in [0, 0.05) is 32.5 Å². The molecule has 10 nitrogen and oxygen atoms in total. The Morgan fingerprint density at radius 1 is 1.30 bits per heavy atom. The van der Waals surface area contributed by atoms with Crippen LogP contribution in [0.2, 0.25) is 0 Å². The lowest BCUT2D eigenvalue weighted by Gasteiger charge is -2.36. The summed E-state index contributed by atoms with van der Waals surface area (Å²) in [5, 5.41) is 22.4. The first-order valence-corrected chi connectivity index (χ1v) is 8.96. The van der Waals surface area contributed by atoms with E-state index in [9.17, 15) is 19.8 Å². The lowest BCUT2D eigenvalue weighted by molar-refractivity contribution is -0.256. The Kier molecular flexibility index (Phi) is 4.87. The number of nitrogens with two attached hydrogens (primary N) is 1. The lowest BCUT2D eigenvalue weighted by atomic mass is 9.91. The Labute approximate surface area is 157 Å². The first-order valence-electron chi connectivity index (χ1n) is 8.96. The third-order valence-corrected chi connectivity index (χ3v) is 5.00. The van der Waals surface area contributed by atoms with E-state index >= 15 is 0 Å².